The molecule has 5 rings (SSSR count). The monoisotopic (exact) mass is 417 g/mol. The highest BCUT2D eigenvalue weighted by Gasteiger charge is 2.34. The lowest BCUT2D eigenvalue weighted by atomic mass is 10.1. The lowest BCUT2D eigenvalue weighted by Gasteiger charge is -2.12. The third-order valence-corrected chi connectivity index (χ3v) is 6.04. The number of hydrogen-bond acceptors (Lipinski definition) is 6. The summed E-state index contributed by atoms with van der Waals surface area (Å²) in [5.74, 6) is 0.0228. The molecule has 0 atom stereocenters. The number of imide groups is 1. The van der Waals surface area contributed by atoms with Gasteiger partial charge in [-0.25, -0.2) is 4.98 Å². The summed E-state index contributed by atoms with van der Waals surface area (Å²) in [7, 11) is 0. The summed E-state index contributed by atoms with van der Waals surface area (Å²) in [6, 6.07) is 15.0. The second kappa shape index (κ2) is 7.53. The maximum absolute atomic E-state index is 12.5. The number of amides is 2. The highest BCUT2D eigenvalue weighted by atomic mass is 32.2. The number of benzene rings is 2. The average Bonchev–Trinajstić information content (AvgIpc) is 3.21. The molecule has 0 saturated carbocycles. The number of aryl methyl sites for hydroxylation is 1. The van der Waals surface area contributed by atoms with Gasteiger partial charge >= 0.3 is 0 Å². The van der Waals surface area contributed by atoms with E-state index in [4.69, 9.17) is 4.98 Å². The normalized spacial score (nSPS) is 13.6. The van der Waals surface area contributed by atoms with Gasteiger partial charge in [-0.3, -0.25) is 14.5 Å². The Bertz CT molecular complexity index is 1260. The number of aromatic nitrogens is 4. The van der Waals surface area contributed by atoms with Crippen LogP contribution >= 0.6 is 11.8 Å². The van der Waals surface area contributed by atoms with Gasteiger partial charge in [0.05, 0.1) is 16.6 Å². The van der Waals surface area contributed by atoms with Gasteiger partial charge in [0.15, 0.2) is 5.65 Å². The van der Waals surface area contributed by atoms with Crippen LogP contribution in [0.5, 0.6) is 0 Å². The van der Waals surface area contributed by atoms with Crippen molar-refractivity contribution in [2.45, 2.75) is 25.0 Å². The van der Waals surface area contributed by atoms with Crippen molar-refractivity contribution in [1.82, 2.24) is 24.6 Å². The molecule has 3 heterocycles. The van der Waals surface area contributed by atoms with E-state index in [1.165, 1.54) is 16.7 Å². The van der Waals surface area contributed by atoms with Crippen molar-refractivity contribution in [1.29, 1.82) is 0 Å². The third-order valence-electron chi connectivity index (χ3n) is 5.23. The molecule has 0 radical (unpaired) electrons. The Kier molecular flexibility index (Phi) is 4.71. The van der Waals surface area contributed by atoms with Crippen molar-refractivity contribution in [2.75, 3.05) is 12.3 Å². The zero-order valence-corrected chi connectivity index (χ0v) is 17.2. The number of thioether (sulfide) groups is 1. The SMILES string of the molecule is CCCn1c2ccccc2c2nnc(SCCN3C(=O)c4ccccc4C3=O)nc21. The first-order valence-corrected chi connectivity index (χ1v) is 10.9. The van der Waals surface area contributed by atoms with Crippen LogP contribution in [0, 0.1) is 0 Å². The fraction of sp³-hybridized carbons (Fsp3) is 0.227. The molecule has 0 spiro atoms. The molecule has 2 aromatic carbocycles. The van der Waals surface area contributed by atoms with Gasteiger partial charge in [-0.15, -0.1) is 10.2 Å². The Morgan fingerprint density at radius 2 is 1.60 bits per heavy atom. The molecule has 0 bridgehead atoms. The van der Waals surface area contributed by atoms with Crippen molar-refractivity contribution in [3.63, 3.8) is 0 Å². The standard InChI is InChI=1S/C22H19N5O2S/c1-2-11-26-17-10-6-5-9-16(17)18-19(26)23-22(25-24-18)30-13-12-27-20(28)14-7-3-4-8-15(14)21(27)29/h3-10H,2,11-13H2,1H3. The molecule has 1 aliphatic rings. The van der Waals surface area contributed by atoms with Crippen LogP contribution in [0.2, 0.25) is 0 Å². The smallest absolute Gasteiger partial charge is 0.261 e. The zero-order valence-electron chi connectivity index (χ0n) is 16.4. The highest BCUT2D eigenvalue weighted by Crippen LogP contribution is 2.28. The number of nitrogens with zero attached hydrogens (tertiary/aromatic N) is 5. The molecule has 0 aliphatic carbocycles. The van der Waals surface area contributed by atoms with E-state index in [1.54, 1.807) is 24.3 Å². The Morgan fingerprint density at radius 1 is 0.900 bits per heavy atom. The number of fused-ring (bicyclic) bond motifs is 4. The van der Waals surface area contributed by atoms with E-state index in [0.717, 1.165) is 35.0 Å². The van der Waals surface area contributed by atoms with Crippen molar-refractivity contribution >= 4 is 45.6 Å². The molecule has 0 fully saturated rings. The molecule has 150 valence electrons. The van der Waals surface area contributed by atoms with Crippen LogP contribution in [-0.2, 0) is 6.54 Å². The van der Waals surface area contributed by atoms with Gasteiger partial charge in [-0.05, 0) is 24.6 Å². The van der Waals surface area contributed by atoms with Crippen molar-refractivity contribution in [3.05, 3.63) is 59.7 Å². The molecular formula is C22H19N5O2S. The molecule has 2 aromatic heterocycles. The van der Waals surface area contributed by atoms with Gasteiger partial charge in [-0.2, -0.15) is 0 Å². The quantitative estimate of drug-likeness (QED) is 0.351. The minimum atomic E-state index is -0.242. The van der Waals surface area contributed by atoms with Crippen LogP contribution in [0.25, 0.3) is 22.1 Å². The Balaban J connectivity index is 1.37. The second-order valence-electron chi connectivity index (χ2n) is 7.09. The molecule has 2 amide bonds. The summed E-state index contributed by atoms with van der Waals surface area (Å²) < 4.78 is 2.17. The van der Waals surface area contributed by atoms with Crippen molar-refractivity contribution in [3.8, 4) is 0 Å². The van der Waals surface area contributed by atoms with Crippen LogP contribution in [0.4, 0.5) is 0 Å². The summed E-state index contributed by atoms with van der Waals surface area (Å²) in [5, 5.41) is 10.3. The van der Waals surface area contributed by atoms with Crippen molar-refractivity contribution < 1.29 is 9.59 Å². The first-order valence-electron chi connectivity index (χ1n) is 9.88. The zero-order chi connectivity index (χ0) is 20.7. The molecule has 1 aliphatic heterocycles. The van der Waals surface area contributed by atoms with Crippen LogP contribution in [0.3, 0.4) is 0 Å². The first kappa shape index (κ1) is 18.7. The van der Waals surface area contributed by atoms with E-state index in [2.05, 4.69) is 27.8 Å². The molecular weight excluding hydrogens is 398 g/mol. The molecule has 0 saturated heterocycles. The van der Waals surface area contributed by atoms with E-state index >= 15 is 0 Å². The average molecular weight is 417 g/mol. The minimum Gasteiger partial charge on any atom is -0.324 e. The van der Waals surface area contributed by atoms with Crippen molar-refractivity contribution in [2.24, 2.45) is 0 Å². The largest absolute Gasteiger partial charge is 0.324 e. The number of carbonyl (C=O) groups is 2. The van der Waals surface area contributed by atoms with Crippen LogP contribution in [-0.4, -0.2) is 48.8 Å². The van der Waals surface area contributed by atoms with E-state index in [0.29, 0.717) is 28.6 Å². The maximum Gasteiger partial charge on any atom is 0.261 e. The maximum atomic E-state index is 12.5. The lowest BCUT2D eigenvalue weighted by molar-refractivity contribution is 0.0664. The Hall–Kier alpha value is -3.26. The summed E-state index contributed by atoms with van der Waals surface area (Å²) in [6.45, 7) is 3.28. The number of para-hydroxylation sites is 1. The molecule has 4 aromatic rings. The Labute approximate surface area is 177 Å². The van der Waals surface area contributed by atoms with Crippen LogP contribution < -0.4 is 0 Å². The lowest BCUT2D eigenvalue weighted by Crippen LogP contribution is -2.31. The van der Waals surface area contributed by atoms with Gasteiger partial charge in [0.25, 0.3) is 11.8 Å². The highest BCUT2D eigenvalue weighted by molar-refractivity contribution is 7.99. The fourth-order valence-corrected chi connectivity index (χ4v) is 4.58. The summed E-state index contributed by atoms with van der Waals surface area (Å²) in [6.07, 6.45) is 0.986. The summed E-state index contributed by atoms with van der Waals surface area (Å²) >= 11 is 1.40. The second-order valence-corrected chi connectivity index (χ2v) is 8.15. The van der Waals surface area contributed by atoms with Gasteiger partial charge in [0.2, 0.25) is 5.16 Å². The van der Waals surface area contributed by atoms with E-state index in [9.17, 15) is 9.59 Å². The third kappa shape index (κ3) is 2.95. The summed E-state index contributed by atoms with van der Waals surface area (Å²) in [5.41, 5.74) is 3.65. The van der Waals surface area contributed by atoms with Crippen LogP contribution in [0.1, 0.15) is 34.1 Å². The van der Waals surface area contributed by atoms with Gasteiger partial charge in [0.1, 0.15) is 5.52 Å². The molecule has 8 heteroatoms. The predicted octanol–water partition coefficient (Wildman–Crippen LogP) is 3.78. The van der Waals surface area contributed by atoms with Gasteiger partial charge in [0, 0.05) is 24.2 Å². The predicted molar refractivity (Wildman–Crippen MR) is 116 cm³/mol. The number of carbonyl (C=O) groups excluding carboxylic acids is 2. The van der Waals surface area contributed by atoms with E-state index < -0.39 is 0 Å². The minimum absolute atomic E-state index is 0.242. The fourth-order valence-electron chi connectivity index (χ4n) is 3.87. The molecule has 0 unspecified atom stereocenters. The summed E-state index contributed by atoms with van der Waals surface area (Å²) in [4.78, 5) is 31.0. The van der Waals surface area contributed by atoms with E-state index in [1.807, 2.05) is 18.2 Å². The topological polar surface area (TPSA) is 81.0 Å². The van der Waals surface area contributed by atoms with Gasteiger partial charge in [-0.1, -0.05) is 49.0 Å². The van der Waals surface area contributed by atoms with Crippen LogP contribution in [0.15, 0.2) is 53.7 Å². The molecule has 0 N–H and O–H groups in total. The van der Waals surface area contributed by atoms with Gasteiger partial charge < -0.3 is 4.57 Å². The number of rotatable bonds is 6. The Morgan fingerprint density at radius 3 is 2.33 bits per heavy atom. The molecule has 7 nitrogen and oxygen atoms in total. The molecule has 30 heavy (non-hydrogen) atoms. The van der Waals surface area contributed by atoms with E-state index in [-0.39, 0.29) is 11.8 Å². The first-order chi connectivity index (χ1) is 14.7. The number of hydrogen-bond donors (Lipinski definition) is 0.